The van der Waals surface area contributed by atoms with Crippen LogP contribution in [-0.4, -0.2) is 25.7 Å². The Labute approximate surface area is 67.7 Å². The van der Waals surface area contributed by atoms with E-state index >= 15 is 0 Å². The van der Waals surface area contributed by atoms with Crippen molar-refractivity contribution >= 4 is 0 Å². The summed E-state index contributed by atoms with van der Waals surface area (Å²) in [5.41, 5.74) is 2.67. The molecule has 0 aromatic heterocycles. The Morgan fingerprint density at radius 3 is 2.73 bits per heavy atom. The number of hydrazine groups is 1. The van der Waals surface area contributed by atoms with Crippen LogP contribution in [0.15, 0.2) is 0 Å². The van der Waals surface area contributed by atoms with Gasteiger partial charge >= 0.3 is 0 Å². The van der Waals surface area contributed by atoms with E-state index in [9.17, 15) is 0 Å². The van der Waals surface area contributed by atoms with E-state index in [4.69, 9.17) is 10.1 Å². The van der Waals surface area contributed by atoms with Crippen molar-refractivity contribution in [1.29, 1.82) is 5.26 Å². The molecule has 0 bridgehead atoms. The maximum atomic E-state index is 8.20. The lowest BCUT2D eigenvalue weighted by Crippen LogP contribution is -2.30. The third-order valence-electron chi connectivity index (χ3n) is 1.03. The summed E-state index contributed by atoms with van der Waals surface area (Å²) >= 11 is 0. The Balaban J connectivity index is 2.86. The Kier molecular flexibility index (Phi) is 7.05. The highest BCUT2D eigenvalue weighted by Gasteiger charge is 1.89. The average Bonchev–Trinajstić information content (AvgIpc) is 1.96. The van der Waals surface area contributed by atoms with E-state index in [2.05, 4.69) is 11.7 Å². The van der Waals surface area contributed by atoms with E-state index in [0.29, 0.717) is 13.0 Å². The van der Waals surface area contributed by atoms with Gasteiger partial charge in [0.2, 0.25) is 0 Å². The monoisotopic (exact) mass is 157 g/mol. The summed E-state index contributed by atoms with van der Waals surface area (Å²) in [6, 6.07) is 2.08. The summed E-state index contributed by atoms with van der Waals surface area (Å²) in [5, 5.41) is 9.92. The number of nitrogens with zero attached hydrogens (tertiary/aromatic N) is 2. The molecule has 0 aliphatic heterocycles. The van der Waals surface area contributed by atoms with Crippen LogP contribution in [0.1, 0.15) is 19.3 Å². The maximum Gasteiger partial charge on any atom is 0.0699 e. The van der Waals surface area contributed by atoms with Crippen LogP contribution in [0.2, 0.25) is 0 Å². The third-order valence-corrected chi connectivity index (χ3v) is 1.03. The molecular weight excluding hydrogens is 142 g/mol. The van der Waals surface area contributed by atoms with Crippen molar-refractivity contribution < 1.29 is 4.84 Å². The van der Waals surface area contributed by atoms with Gasteiger partial charge in [0.05, 0.1) is 12.7 Å². The molecule has 0 saturated heterocycles. The Bertz CT molecular complexity index is 119. The Hall–Kier alpha value is -0.630. The molecule has 0 heterocycles. The highest BCUT2D eigenvalue weighted by Crippen LogP contribution is 1.92. The second kappa shape index (κ2) is 7.48. The molecule has 4 heteroatoms. The lowest BCUT2D eigenvalue weighted by atomic mass is 10.3. The van der Waals surface area contributed by atoms with Crippen molar-refractivity contribution in [2.45, 2.75) is 19.3 Å². The molecule has 0 amide bonds. The molecule has 0 spiro atoms. The van der Waals surface area contributed by atoms with E-state index in [-0.39, 0.29) is 0 Å². The van der Waals surface area contributed by atoms with Crippen LogP contribution in [-0.2, 0) is 4.84 Å². The van der Waals surface area contributed by atoms with Gasteiger partial charge in [-0.2, -0.15) is 5.26 Å². The predicted molar refractivity (Wildman–Crippen MR) is 42.2 cm³/mol. The minimum absolute atomic E-state index is 0.616. The lowest BCUT2D eigenvalue weighted by Gasteiger charge is -2.10. The molecule has 0 aliphatic rings. The van der Waals surface area contributed by atoms with E-state index in [0.717, 1.165) is 12.8 Å². The molecule has 0 aromatic rings. The fourth-order valence-corrected chi connectivity index (χ4v) is 0.553. The van der Waals surface area contributed by atoms with Crippen LogP contribution in [0, 0.1) is 11.3 Å². The normalized spacial score (nSPS) is 10.0. The van der Waals surface area contributed by atoms with Crippen molar-refractivity contribution in [2.75, 3.05) is 20.7 Å². The molecule has 0 rings (SSSR count). The van der Waals surface area contributed by atoms with Crippen LogP contribution in [0.3, 0.4) is 0 Å². The van der Waals surface area contributed by atoms with Crippen LogP contribution in [0.25, 0.3) is 0 Å². The van der Waals surface area contributed by atoms with Crippen LogP contribution >= 0.6 is 0 Å². The first-order chi connectivity index (χ1) is 5.27. The summed E-state index contributed by atoms with van der Waals surface area (Å²) in [6.07, 6.45) is 2.45. The zero-order valence-electron chi connectivity index (χ0n) is 7.13. The first-order valence-electron chi connectivity index (χ1n) is 3.69. The van der Waals surface area contributed by atoms with E-state index in [1.807, 2.05) is 14.1 Å². The van der Waals surface area contributed by atoms with Gasteiger partial charge in [-0.05, 0) is 12.8 Å². The standard InChI is InChI=1S/C7H15N3O/c1-10(2)9-11-7-5-3-4-6-8/h9H,3-5,7H2,1-2H3. The van der Waals surface area contributed by atoms with Crippen molar-refractivity contribution in [3.8, 4) is 6.07 Å². The number of unbranched alkanes of at least 4 members (excludes halogenated alkanes) is 2. The van der Waals surface area contributed by atoms with Gasteiger partial charge in [-0.1, -0.05) is 0 Å². The molecule has 64 valence electrons. The van der Waals surface area contributed by atoms with E-state index in [1.54, 1.807) is 5.01 Å². The molecule has 0 radical (unpaired) electrons. The zero-order valence-corrected chi connectivity index (χ0v) is 7.13. The highest BCUT2D eigenvalue weighted by molar-refractivity contribution is 4.67. The molecule has 0 fully saturated rings. The van der Waals surface area contributed by atoms with Crippen LogP contribution < -0.4 is 5.59 Å². The van der Waals surface area contributed by atoms with Crippen LogP contribution in [0.4, 0.5) is 0 Å². The summed E-state index contributed by atoms with van der Waals surface area (Å²) in [4.78, 5) is 5.01. The third kappa shape index (κ3) is 9.37. The van der Waals surface area contributed by atoms with Gasteiger partial charge in [0.1, 0.15) is 0 Å². The molecule has 1 N–H and O–H groups in total. The molecule has 0 atom stereocenters. The fourth-order valence-electron chi connectivity index (χ4n) is 0.553. The fraction of sp³-hybridized carbons (Fsp3) is 0.857. The second-order valence-electron chi connectivity index (χ2n) is 2.45. The predicted octanol–water partition coefficient (Wildman–Crippen LogP) is 0.678. The summed E-state index contributed by atoms with van der Waals surface area (Å²) in [6.45, 7) is 0.653. The SMILES string of the molecule is CN(C)NOCCCCC#N. The number of hydrogen-bond acceptors (Lipinski definition) is 4. The Morgan fingerprint density at radius 1 is 1.45 bits per heavy atom. The van der Waals surface area contributed by atoms with E-state index in [1.165, 1.54) is 0 Å². The second-order valence-corrected chi connectivity index (χ2v) is 2.45. The van der Waals surface area contributed by atoms with E-state index < -0.39 is 0 Å². The van der Waals surface area contributed by atoms with Crippen molar-refractivity contribution in [2.24, 2.45) is 0 Å². The quantitative estimate of drug-likeness (QED) is 0.455. The van der Waals surface area contributed by atoms with Gasteiger partial charge in [0, 0.05) is 20.5 Å². The topological polar surface area (TPSA) is 48.3 Å². The lowest BCUT2D eigenvalue weighted by molar-refractivity contribution is -0.0601. The summed E-state index contributed by atoms with van der Waals surface area (Å²) in [5.74, 6) is 0. The maximum absolute atomic E-state index is 8.20. The van der Waals surface area contributed by atoms with Gasteiger partial charge in [-0.25, -0.2) is 5.01 Å². The van der Waals surface area contributed by atoms with Gasteiger partial charge in [0.25, 0.3) is 0 Å². The highest BCUT2D eigenvalue weighted by atomic mass is 16.7. The van der Waals surface area contributed by atoms with Crippen molar-refractivity contribution in [3.63, 3.8) is 0 Å². The Morgan fingerprint density at radius 2 is 2.18 bits per heavy atom. The van der Waals surface area contributed by atoms with Gasteiger partial charge in [-0.15, -0.1) is 5.59 Å². The van der Waals surface area contributed by atoms with Crippen molar-refractivity contribution in [1.82, 2.24) is 10.6 Å². The van der Waals surface area contributed by atoms with Crippen LogP contribution in [0.5, 0.6) is 0 Å². The number of rotatable bonds is 6. The zero-order chi connectivity index (χ0) is 8.53. The molecule has 0 aliphatic carbocycles. The minimum atomic E-state index is 0.616. The first-order valence-corrected chi connectivity index (χ1v) is 3.69. The summed E-state index contributed by atoms with van der Waals surface area (Å²) < 4.78 is 0. The van der Waals surface area contributed by atoms with Gasteiger partial charge in [-0.3, -0.25) is 4.84 Å². The molecule has 0 aromatic carbocycles. The smallest absolute Gasteiger partial charge is 0.0699 e. The number of nitriles is 1. The average molecular weight is 157 g/mol. The van der Waals surface area contributed by atoms with Gasteiger partial charge < -0.3 is 0 Å². The number of hydrogen-bond donors (Lipinski definition) is 1. The molecule has 11 heavy (non-hydrogen) atoms. The first kappa shape index (κ1) is 10.4. The summed E-state index contributed by atoms with van der Waals surface area (Å²) in [7, 11) is 3.71. The number of nitrogens with one attached hydrogen (secondary N) is 1. The molecular formula is C7H15N3O. The molecule has 0 unspecified atom stereocenters. The molecule has 0 saturated carbocycles. The largest absolute Gasteiger partial charge is 0.287 e. The van der Waals surface area contributed by atoms with Gasteiger partial charge in [0.15, 0.2) is 0 Å². The van der Waals surface area contributed by atoms with Crippen molar-refractivity contribution in [3.05, 3.63) is 0 Å². The molecule has 4 nitrogen and oxygen atoms in total. The minimum Gasteiger partial charge on any atom is -0.287 e.